The maximum Gasteiger partial charge on any atom is 0.253 e. The third-order valence-electron chi connectivity index (χ3n) is 6.82. The van der Waals surface area contributed by atoms with Gasteiger partial charge in [0.1, 0.15) is 11.0 Å². The zero-order chi connectivity index (χ0) is 24.7. The van der Waals surface area contributed by atoms with Gasteiger partial charge in [0.2, 0.25) is 0 Å². The summed E-state index contributed by atoms with van der Waals surface area (Å²) < 4.78 is 0. The summed E-state index contributed by atoms with van der Waals surface area (Å²) in [6.07, 6.45) is 3.66. The van der Waals surface area contributed by atoms with E-state index in [9.17, 15) is 4.79 Å². The monoisotopic (exact) mass is 521 g/mol. The van der Waals surface area contributed by atoms with Gasteiger partial charge < -0.3 is 9.80 Å². The van der Waals surface area contributed by atoms with Crippen LogP contribution in [0.15, 0.2) is 65.8 Å². The highest BCUT2D eigenvalue weighted by Gasteiger charge is 2.22. The fraction of sp³-hybridized carbons (Fsp3) is 0.393. The molecule has 0 saturated carbocycles. The van der Waals surface area contributed by atoms with Crippen molar-refractivity contribution >= 4 is 35.1 Å². The molecule has 2 fully saturated rings. The molecule has 188 valence electrons. The van der Waals surface area contributed by atoms with Crippen LogP contribution in [0.25, 0.3) is 0 Å². The van der Waals surface area contributed by atoms with E-state index in [0.717, 1.165) is 68.5 Å². The molecular formula is C28H32ClN5OS. The lowest BCUT2D eigenvalue weighted by Gasteiger charge is -2.34. The molecule has 0 radical (unpaired) electrons. The average Bonchev–Trinajstić information content (AvgIpc) is 2.93. The molecule has 0 N–H and O–H groups in total. The first-order valence-electron chi connectivity index (χ1n) is 12.7. The first kappa shape index (κ1) is 25.1. The highest BCUT2D eigenvalue weighted by Crippen LogP contribution is 2.26. The van der Waals surface area contributed by atoms with Crippen LogP contribution < -0.4 is 4.90 Å². The molecule has 36 heavy (non-hydrogen) atoms. The zero-order valence-corrected chi connectivity index (χ0v) is 22.1. The van der Waals surface area contributed by atoms with Gasteiger partial charge in [-0.3, -0.25) is 9.69 Å². The maximum atomic E-state index is 13.0. The predicted molar refractivity (Wildman–Crippen MR) is 147 cm³/mol. The number of piperazine rings is 1. The number of anilines is 1. The van der Waals surface area contributed by atoms with Gasteiger partial charge in [-0.25, -0.2) is 9.97 Å². The standard InChI is InChI=1S/C28H32ClN5OS/c29-25-19-26(33-13-5-2-6-14-33)31-28(30-25)36-21-23-9-11-24(12-10-23)27(35)34-17-15-32(16-18-34)20-22-7-3-1-4-8-22/h1,3-4,7-12,19H,2,5-6,13-18,20-21H2. The summed E-state index contributed by atoms with van der Waals surface area (Å²) in [5.74, 6) is 1.76. The van der Waals surface area contributed by atoms with Crippen LogP contribution in [0, 0.1) is 0 Å². The van der Waals surface area contributed by atoms with E-state index in [1.807, 2.05) is 41.3 Å². The summed E-state index contributed by atoms with van der Waals surface area (Å²) >= 11 is 7.87. The van der Waals surface area contributed by atoms with Crippen LogP contribution in [0.3, 0.4) is 0 Å². The first-order chi connectivity index (χ1) is 17.6. The van der Waals surface area contributed by atoms with Crippen molar-refractivity contribution in [2.24, 2.45) is 0 Å². The van der Waals surface area contributed by atoms with Gasteiger partial charge in [0.15, 0.2) is 5.16 Å². The third kappa shape index (κ3) is 6.58. The molecule has 0 aliphatic carbocycles. The van der Waals surface area contributed by atoms with Crippen LogP contribution in [-0.4, -0.2) is 64.9 Å². The molecule has 2 aromatic carbocycles. The number of hydrogen-bond donors (Lipinski definition) is 0. The predicted octanol–water partition coefficient (Wildman–Crippen LogP) is 5.37. The van der Waals surface area contributed by atoms with E-state index >= 15 is 0 Å². The van der Waals surface area contributed by atoms with Crippen molar-refractivity contribution in [1.29, 1.82) is 0 Å². The molecule has 5 rings (SSSR count). The maximum absolute atomic E-state index is 13.0. The van der Waals surface area contributed by atoms with Crippen LogP contribution in [0.5, 0.6) is 0 Å². The van der Waals surface area contributed by atoms with Crippen molar-refractivity contribution in [3.63, 3.8) is 0 Å². The summed E-state index contributed by atoms with van der Waals surface area (Å²) in [7, 11) is 0. The highest BCUT2D eigenvalue weighted by molar-refractivity contribution is 7.98. The van der Waals surface area contributed by atoms with Gasteiger partial charge in [-0.15, -0.1) is 0 Å². The van der Waals surface area contributed by atoms with Gasteiger partial charge >= 0.3 is 0 Å². The summed E-state index contributed by atoms with van der Waals surface area (Å²) in [6, 6.07) is 20.3. The number of carbonyl (C=O) groups is 1. The minimum Gasteiger partial charge on any atom is -0.356 e. The van der Waals surface area contributed by atoms with Crippen molar-refractivity contribution in [2.75, 3.05) is 44.2 Å². The van der Waals surface area contributed by atoms with Crippen molar-refractivity contribution in [1.82, 2.24) is 19.8 Å². The second kappa shape index (κ2) is 12.1. The Hall–Kier alpha value is -2.61. The van der Waals surface area contributed by atoms with Gasteiger partial charge in [-0.05, 0) is 42.5 Å². The zero-order valence-electron chi connectivity index (χ0n) is 20.5. The summed E-state index contributed by atoms with van der Waals surface area (Å²) in [6.45, 7) is 6.29. The quantitative estimate of drug-likeness (QED) is 0.237. The number of nitrogens with zero attached hydrogens (tertiary/aromatic N) is 5. The third-order valence-corrected chi connectivity index (χ3v) is 7.93. The average molecular weight is 522 g/mol. The van der Waals surface area contributed by atoms with Gasteiger partial charge in [-0.1, -0.05) is 65.8 Å². The summed E-state index contributed by atoms with van der Waals surface area (Å²) in [5, 5.41) is 1.18. The van der Waals surface area contributed by atoms with Crippen molar-refractivity contribution in [2.45, 2.75) is 36.7 Å². The molecular weight excluding hydrogens is 490 g/mol. The summed E-state index contributed by atoms with van der Waals surface area (Å²) in [5.41, 5.74) is 3.19. The Bertz CT molecular complexity index is 1150. The number of carbonyl (C=O) groups excluding carboxylic acids is 1. The second-order valence-electron chi connectivity index (χ2n) is 9.42. The molecule has 3 aromatic rings. The fourth-order valence-corrected chi connectivity index (χ4v) is 5.80. The van der Waals surface area contributed by atoms with Crippen LogP contribution in [0.4, 0.5) is 5.82 Å². The van der Waals surface area contributed by atoms with Crippen molar-refractivity contribution in [3.05, 3.63) is 82.5 Å². The smallest absolute Gasteiger partial charge is 0.253 e. The molecule has 2 aliphatic heterocycles. The van der Waals surface area contributed by atoms with Crippen LogP contribution >= 0.6 is 23.4 Å². The van der Waals surface area contributed by atoms with Crippen molar-refractivity contribution in [3.8, 4) is 0 Å². The van der Waals surface area contributed by atoms with E-state index in [1.165, 1.54) is 24.8 Å². The number of hydrogen-bond acceptors (Lipinski definition) is 6. The first-order valence-corrected chi connectivity index (χ1v) is 14.1. The molecule has 0 unspecified atom stereocenters. The van der Waals surface area contributed by atoms with E-state index in [-0.39, 0.29) is 5.91 Å². The number of amides is 1. The molecule has 1 aromatic heterocycles. The Morgan fingerprint density at radius 1 is 0.833 bits per heavy atom. The normalized spacial score (nSPS) is 16.8. The Morgan fingerprint density at radius 2 is 1.56 bits per heavy atom. The minimum atomic E-state index is 0.109. The Kier molecular flexibility index (Phi) is 8.41. The van der Waals surface area contributed by atoms with E-state index < -0.39 is 0 Å². The Labute approximate surface area is 222 Å². The molecule has 3 heterocycles. The summed E-state index contributed by atoms with van der Waals surface area (Å²) in [4.78, 5) is 28.9. The van der Waals surface area contributed by atoms with E-state index in [2.05, 4.69) is 39.0 Å². The molecule has 2 saturated heterocycles. The minimum absolute atomic E-state index is 0.109. The number of halogens is 1. The SMILES string of the molecule is O=C(c1ccc(CSc2nc(Cl)cc(N3CCCCC3)n2)cc1)N1CCN(Cc2ccccc2)CC1. The van der Waals surface area contributed by atoms with E-state index in [4.69, 9.17) is 16.6 Å². The Morgan fingerprint density at radius 3 is 2.28 bits per heavy atom. The topological polar surface area (TPSA) is 52.6 Å². The molecule has 8 heteroatoms. The van der Waals surface area contributed by atoms with Gasteiger partial charge in [0, 0.05) is 63.2 Å². The largest absolute Gasteiger partial charge is 0.356 e. The van der Waals surface area contributed by atoms with Crippen LogP contribution in [0.2, 0.25) is 5.15 Å². The van der Waals surface area contributed by atoms with Gasteiger partial charge in [0.05, 0.1) is 0 Å². The molecule has 0 bridgehead atoms. The number of rotatable bonds is 7. The lowest BCUT2D eigenvalue weighted by molar-refractivity contribution is 0.0628. The molecule has 6 nitrogen and oxygen atoms in total. The molecule has 0 spiro atoms. The van der Waals surface area contributed by atoms with Gasteiger partial charge in [-0.2, -0.15) is 0 Å². The molecule has 0 atom stereocenters. The molecule has 2 aliphatic rings. The Balaban J connectivity index is 1.13. The van der Waals surface area contributed by atoms with E-state index in [1.54, 1.807) is 11.8 Å². The number of benzene rings is 2. The molecule has 1 amide bonds. The van der Waals surface area contributed by atoms with Gasteiger partial charge in [0.25, 0.3) is 5.91 Å². The lowest BCUT2D eigenvalue weighted by Crippen LogP contribution is -2.48. The van der Waals surface area contributed by atoms with Crippen LogP contribution in [-0.2, 0) is 12.3 Å². The van der Waals surface area contributed by atoms with Crippen molar-refractivity contribution < 1.29 is 4.79 Å². The van der Waals surface area contributed by atoms with E-state index in [0.29, 0.717) is 10.3 Å². The lowest BCUT2D eigenvalue weighted by atomic mass is 10.1. The number of piperidine rings is 1. The van der Waals surface area contributed by atoms with Crippen LogP contribution in [0.1, 0.15) is 40.7 Å². The fourth-order valence-electron chi connectivity index (χ4n) is 4.76. The number of aromatic nitrogens is 2. The number of thioether (sulfide) groups is 1. The highest BCUT2D eigenvalue weighted by atomic mass is 35.5. The second-order valence-corrected chi connectivity index (χ2v) is 10.7.